The molecule has 0 aromatic heterocycles. The second-order valence-corrected chi connectivity index (χ2v) is 8.61. The molecule has 0 bridgehead atoms. The maximum atomic E-state index is 12.8. The lowest BCUT2D eigenvalue weighted by molar-refractivity contribution is -0.138. The third-order valence-electron chi connectivity index (χ3n) is 6.53. The highest BCUT2D eigenvalue weighted by Crippen LogP contribution is 2.49. The van der Waals surface area contributed by atoms with Crippen LogP contribution in [0.2, 0.25) is 0 Å². The zero-order valence-corrected chi connectivity index (χ0v) is 17.0. The van der Waals surface area contributed by atoms with E-state index in [-0.39, 0.29) is 23.7 Å². The summed E-state index contributed by atoms with van der Waals surface area (Å²) in [6.07, 6.45) is -0.297. The fourth-order valence-corrected chi connectivity index (χ4v) is 4.55. The predicted octanol–water partition coefficient (Wildman–Crippen LogP) is 2.97. The van der Waals surface area contributed by atoms with Crippen LogP contribution < -0.4 is 0 Å². The molecule has 1 aromatic carbocycles. The molecule has 8 heteroatoms. The summed E-state index contributed by atoms with van der Waals surface area (Å²) in [7, 11) is 0. The van der Waals surface area contributed by atoms with Crippen LogP contribution in [0.5, 0.6) is 0 Å². The van der Waals surface area contributed by atoms with Gasteiger partial charge in [-0.15, -0.1) is 0 Å². The molecule has 164 valence electrons. The van der Waals surface area contributed by atoms with Crippen LogP contribution in [0.15, 0.2) is 24.3 Å². The monoisotopic (exact) mass is 423 g/mol. The number of carbonyl (C=O) groups excluding carboxylic acids is 2. The Morgan fingerprint density at radius 3 is 2.10 bits per heavy atom. The lowest BCUT2D eigenvalue weighted by Gasteiger charge is -2.36. The number of piperidine rings is 1. The van der Waals surface area contributed by atoms with E-state index in [9.17, 15) is 22.8 Å². The minimum Gasteiger partial charge on any atom is -0.342 e. The number of likely N-dealkylation sites (tertiary alicyclic amines) is 1. The molecule has 0 radical (unpaired) electrons. The third-order valence-corrected chi connectivity index (χ3v) is 6.53. The quantitative estimate of drug-likeness (QED) is 0.748. The highest BCUT2D eigenvalue weighted by Gasteiger charge is 2.46. The average molecular weight is 423 g/mol. The first-order chi connectivity index (χ1) is 14.3. The normalized spacial score (nSPS) is 25.3. The fraction of sp³-hybridized carbons (Fsp3) is 0.636. The van der Waals surface area contributed by atoms with Crippen molar-refractivity contribution >= 4 is 11.8 Å². The van der Waals surface area contributed by atoms with Crippen molar-refractivity contribution in [1.82, 2.24) is 14.7 Å². The van der Waals surface area contributed by atoms with Crippen molar-refractivity contribution in [2.75, 3.05) is 45.8 Å². The van der Waals surface area contributed by atoms with E-state index < -0.39 is 11.7 Å². The van der Waals surface area contributed by atoms with Gasteiger partial charge in [0.15, 0.2) is 0 Å². The van der Waals surface area contributed by atoms with E-state index in [1.54, 1.807) is 0 Å². The fourth-order valence-electron chi connectivity index (χ4n) is 4.55. The Labute approximate surface area is 174 Å². The number of carbonyl (C=O) groups is 2. The second-order valence-electron chi connectivity index (χ2n) is 8.61. The number of amides is 2. The van der Waals surface area contributed by atoms with E-state index in [1.165, 1.54) is 18.6 Å². The summed E-state index contributed by atoms with van der Waals surface area (Å²) >= 11 is 0. The summed E-state index contributed by atoms with van der Waals surface area (Å²) in [5.74, 6) is 0.141. The maximum absolute atomic E-state index is 12.8. The van der Waals surface area contributed by atoms with Crippen molar-refractivity contribution in [3.05, 3.63) is 35.4 Å². The van der Waals surface area contributed by atoms with Crippen LogP contribution in [-0.4, -0.2) is 72.3 Å². The molecule has 0 N–H and O–H groups in total. The topological polar surface area (TPSA) is 43.9 Å². The van der Waals surface area contributed by atoms with Crippen LogP contribution >= 0.6 is 0 Å². The lowest BCUT2D eigenvalue weighted by atomic mass is 10.1. The molecule has 3 aliphatic rings. The molecule has 2 unspecified atom stereocenters. The number of alkyl halides is 3. The van der Waals surface area contributed by atoms with Gasteiger partial charge >= 0.3 is 6.18 Å². The number of rotatable bonds is 4. The minimum absolute atomic E-state index is 0.0125. The molecule has 2 saturated heterocycles. The molecule has 30 heavy (non-hydrogen) atoms. The average Bonchev–Trinajstić information content (AvgIpc) is 3.55. The second kappa shape index (κ2) is 8.57. The van der Waals surface area contributed by atoms with Crippen molar-refractivity contribution in [2.45, 2.75) is 37.8 Å². The highest BCUT2D eigenvalue weighted by molar-refractivity contribution is 5.83. The van der Waals surface area contributed by atoms with E-state index in [4.69, 9.17) is 0 Å². The van der Waals surface area contributed by atoms with Gasteiger partial charge < -0.3 is 9.80 Å². The van der Waals surface area contributed by atoms with E-state index in [0.29, 0.717) is 39.1 Å². The summed E-state index contributed by atoms with van der Waals surface area (Å²) in [6, 6.07) is 5.16. The van der Waals surface area contributed by atoms with Gasteiger partial charge in [0.05, 0.1) is 12.1 Å². The van der Waals surface area contributed by atoms with Crippen molar-refractivity contribution in [3.63, 3.8) is 0 Å². The van der Waals surface area contributed by atoms with Crippen LogP contribution in [0.25, 0.3) is 0 Å². The summed E-state index contributed by atoms with van der Waals surface area (Å²) in [6.45, 7) is 4.69. The van der Waals surface area contributed by atoms with Crippen molar-refractivity contribution in [2.24, 2.45) is 5.92 Å². The van der Waals surface area contributed by atoms with E-state index in [2.05, 4.69) is 4.90 Å². The van der Waals surface area contributed by atoms with Crippen molar-refractivity contribution in [1.29, 1.82) is 0 Å². The Kier molecular flexibility index (Phi) is 6.04. The van der Waals surface area contributed by atoms with Gasteiger partial charge in [-0.1, -0.05) is 12.1 Å². The van der Waals surface area contributed by atoms with Gasteiger partial charge in [0.25, 0.3) is 0 Å². The standard InChI is InChI=1S/C22H28F3N3O2/c23-22(24,25)17-6-4-16(5-7-17)18-14-19(18)21(30)28-12-10-26(11-13-28)15-20(29)27-8-2-1-3-9-27/h4-7,18-19H,1-3,8-15H2. The molecule has 1 aromatic rings. The van der Waals surface area contributed by atoms with Crippen LogP contribution in [-0.2, 0) is 15.8 Å². The van der Waals surface area contributed by atoms with Crippen molar-refractivity contribution < 1.29 is 22.8 Å². The summed E-state index contributed by atoms with van der Waals surface area (Å²) < 4.78 is 38.1. The number of hydrogen-bond acceptors (Lipinski definition) is 3. The zero-order valence-electron chi connectivity index (χ0n) is 17.0. The van der Waals surface area contributed by atoms with Gasteiger partial charge in [-0.25, -0.2) is 0 Å². The Bertz CT molecular complexity index is 767. The number of halogens is 3. The number of nitrogens with zero attached hydrogens (tertiary/aromatic N) is 3. The third kappa shape index (κ3) is 4.79. The van der Waals surface area contributed by atoms with Crippen LogP contribution in [0.1, 0.15) is 42.7 Å². The zero-order chi connectivity index (χ0) is 21.3. The number of piperazine rings is 1. The maximum Gasteiger partial charge on any atom is 0.416 e. The van der Waals surface area contributed by atoms with Crippen LogP contribution in [0.4, 0.5) is 13.2 Å². The van der Waals surface area contributed by atoms with E-state index >= 15 is 0 Å². The number of hydrogen-bond donors (Lipinski definition) is 0. The first-order valence-electron chi connectivity index (χ1n) is 10.8. The van der Waals surface area contributed by atoms with Gasteiger partial charge in [0.1, 0.15) is 0 Å². The van der Waals surface area contributed by atoms with Gasteiger partial charge in [-0.2, -0.15) is 13.2 Å². The Hall–Kier alpha value is -2.09. The van der Waals surface area contributed by atoms with Crippen LogP contribution in [0.3, 0.4) is 0 Å². The molecule has 2 atom stereocenters. The summed E-state index contributed by atoms with van der Waals surface area (Å²) in [5, 5.41) is 0. The van der Waals surface area contributed by atoms with Gasteiger partial charge in [-0.05, 0) is 49.3 Å². The smallest absolute Gasteiger partial charge is 0.342 e. The predicted molar refractivity (Wildman–Crippen MR) is 106 cm³/mol. The summed E-state index contributed by atoms with van der Waals surface area (Å²) in [4.78, 5) is 31.1. The van der Waals surface area contributed by atoms with E-state index in [1.807, 2.05) is 9.80 Å². The first kappa shape index (κ1) is 21.2. The Morgan fingerprint density at radius 1 is 0.867 bits per heavy atom. The SMILES string of the molecule is O=C(CN1CCN(C(=O)C2CC2c2ccc(C(F)(F)F)cc2)CC1)N1CCCCC1. The van der Waals surface area contributed by atoms with Gasteiger partial charge in [0, 0.05) is 45.2 Å². The minimum atomic E-state index is -4.34. The molecule has 3 fully saturated rings. The van der Waals surface area contributed by atoms with Gasteiger partial charge in [-0.3, -0.25) is 14.5 Å². The molecule has 2 heterocycles. The molecule has 2 amide bonds. The molecular weight excluding hydrogens is 395 g/mol. The van der Waals surface area contributed by atoms with Crippen LogP contribution in [0, 0.1) is 5.92 Å². The van der Waals surface area contributed by atoms with Gasteiger partial charge in [0.2, 0.25) is 11.8 Å². The molecule has 0 spiro atoms. The summed E-state index contributed by atoms with van der Waals surface area (Å²) in [5.41, 5.74) is 0.136. The molecule has 2 aliphatic heterocycles. The molecule has 5 nitrogen and oxygen atoms in total. The molecule has 1 saturated carbocycles. The molecule has 4 rings (SSSR count). The van der Waals surface area contributed by atoms with Crippen molar-refractivity contribution in [3.8, 4) is 0 Å². The van der Waals surface area contributed by atoms with E-state index in [0.717, 1.165) is 43.6 Å². The lowest BCUT2D eigenvalue weighted by Crippen LogP contribution is -2.52. The number of benzene rings is 1. The Balaban J connectivity index is 1.24. The first-order valence-corrected chi connectivity index (χ1v) is 10.8. The molecular formula is C22H28F3N3O2. The Morgan fingerprint density at radius 2 is 1.50 bits per heavy atom. The molecule has 1 aliphatic carbocycles. The highest BCUT2D eigenvalue weighted by atomic mass is 19.4. The largest absolute Gasteiger partial charge is 0.416 e.